The van der Waals surface area contributed by atoms with Gasteiger partial charge in [0.25, 0.3) is 0 Å². The van der Waals surface area contributed by atoms with Crippen molar-refractivity contribution in [1.82, 2.24) is 0 Å². The average Bonchev–Trinajstić information content (AvgIpc) is 2.70. The van der Waals surface area contributed by atoms with Gasteiger partial charge in [-0.1, -0.05) is 30.3 Å². The number of methoxy groups -OCH3 is 1. The molecule has 2 rings (SSSR count). The van der Waals surface area contributed by atoms with E-state index < -0.39 is 5.82 Å². The highest BCUT2D eigenvalue weighted by molar-refractivity contribution is 6.40. The van der Waals surface area contributed by atoms with E-state index in [9.17, 15) is 4.79 Å². The van der Waals surface area contributed by atoms with Gasteiger partial charge in [0.2, 0.25) is 5.91 Å². The second-order valence-corrected chi connectivity index (χ2v) is 6.11. The molecule has 1 amide bonds. The van der Waals surface area contributed by atoms with Crippen molar-refractivity contribution in [2.45, 2.75) is 18.7 Å². The van der Waals surface area contributed by atoms with Crippen LogP contribution in [0.25, 0.3) is 0 Å². The normalized spacial score (nSPS) is 11.2. The van der Waals surface area contributed by atoms with E-state index in [1.807, 2.05) is 48.5 Å². The maximum absolute atomic E-state index is 13.0. The van der Waals surface area contributed by atoms with Crippen LogP contribution in [0.3, 0.4) is 0 Å². The lowest BCUT2D eigenvalue weighted by molar-refractivity contribution is -0.118. The second-order valence-electron chi connectivity index (χ2n) is 6.11. The first-order valence-electron chi connectivity index (χ1n) is 8.67. The third-order valence-electron chi connectivity index (χ3n) is 4.25. The molecule has 0 saturated carbocycles. The molecule has 0 bridgehead atoms. The number of nitrogens with one attached hydrogen (secondary N) is 1. The molecule has 1 N–H and O–H groups in total. The van der Waals surface area contributed by atoms with E-state index >= 15 is 0 Å². The lowest BCUT2D eigenvalue weighted by atomic mass is 9.74. The molecule has 0 heterocycles. The van der Waals surface area contributed by atoms with E-state index in [1.54, 1.807) is 19.1 Å². The van der Waals surface area contributed by atoms with E-state index in [0.717, 1.165) is 35.4 Å². The van der Waals surface area contributed by atoms with Gasteiger partial charge in [0.15, 0.2) is 0 Å². The van der Waals surface area contributed by atoms with Crippen LogP contribution in [0.5, 0.6) is 5.75 Å². The fourth-order valence-corrected chi connectivity index (χ4v) is 2.81. The Labute approximate surface area is 161 Å². The van der Waals surface area contributed by atoms with Crippen LogP contribution in [0.2, 0.25) is 5.82 Å². The number of carbonyl (C=O) groups is 1. The number of ether oxygens (including phenoxy) is 1. The smallest absolute Gasteiger partial charge is 0.384 e. The van der Waals surface area contributed by atoms with Gasteiger partial charge in [-0.05, 0) is 48.2 Å². The Hall–Kier alpha value is -3.02. The molecule has 0 aliphatic carbocycles. The summed E-state index contributed by atoms with van der Waals surface area (Å²) in [6, 6.07) is 15.3. The lowest BCUT2D eigenvalue weighted by Gasteiger charge is -2.23. The number of amides is 1. The van der Waals surface area contributed by atoms with Crippen LogP contribution in [0, 0.1) is 5.41 Å². The predicted molar refractivity (Wildman–Crippen MR) is 110 cm³/mol. The second kappa shape index (κ2) is 10.2. The van der Waals surface area contributed by atoms with Crippen LogP contribution >= 0.6 is 0 Å². The number of allylic oxidation sites excluding steroid dienone is 1. The summed E-state index contributed by atoms with van der Waals surface area (Å²) in [7, 11) is 4.74. The first kappa shape index (κ1) is 20.3. The minimum atomic E-state index is -0.516. The zero-order valence-corrected chi connectivity index (χ0v) is 15.7. The highest BCUT2D eigenvalue weighted by atomic mass is 16.5. The van der Waals surface area contributed by atoms with Gasteiger partial charge in [-0.25, -0.2) is 0 Å². The van der Waals surface area contributed by atoms with Crippen LogP contribution < -0.4 is 9.64 Å². The van der Waals surface area contributed by atoms with Gasteiger partial charge in [-0.15, -0.1) is 6.58 Å². The number of nitrogens with zero attached hydrogens (tertiary/aromatic N) is 1. The van der Waals surface area contributed by atoms with Crippen molar-refractivity contribution in [2.75, 3.05) is 19.1 Å². The van der Waals surface area contributed by atoms with Gasteiger partial charge in [0.1, 0.15) is 12.2 Å². The molecule has 1 radical (unpaired) electrons. The van der Waals surface area contributed by atoms with Crippen molar-refractivity contribution in [3.05, 3.63) is 72.3 Å². The summed E-state index contributed by atoms with van der Waals surface area (Å²) in [5.41, 5.74) is 2.93. The Balaban J connectivity index is 2.17. The molecule has 0 aliphatic heterocycles. The molecular formula is C21H24BN2O3. The lowest BCUT2D eigenvalue weighted by Crippen LogP contribution is -2.34. The van der Waals surface area contributed by atoms with Gasteiger partial charge >= 0.3 is 7.48 Å². The monoisotopic (exact) mass is 363 g/mol. The summed E-state index contributed by atoms with van der Waals surface area (Å²) in [6.45, 7) is 3.76. The maximum atomic E-state index is 13.0. The maximum Gasteiger partial charge on any atom is 0.384 e. The molecule has 0 fully saturated rings. The Morgan fingerprint density at radius 3 is 2.59 bits per heavy atom. The van der Waals surface area contributed by atoms with Gasteiger partial charge in [0.05, 0.1) is 12.9 Å². The number of benzene rings is 2. The van der Waals surface area contributed by atoms with Crippen molar-refractivity contribution in [3.8, 4) is 5.75 Å². The Morgan fingerprint density at radius 1 is 1.26 bits per heavy atom. The largest absolute Gasteiger partial charge is 0.555 e. The van der Waals surface area contributed by atoms with Gasteiger partial charge in [0, 0.05) is 12.7 Å². The predicted octanol–water partition coefficient (Wildman–Crippen LogP) is 3.66. The minimum absolute atomic E-state index is 0.115. The fraction of sp³-hybridized carbons (Fsp3) is 0.238. The molecule has 0 saturated heterocycles. The van der Waals surface area contributed by atoms with Crippen molar-refractivity contribution in [3.63, 3.8) is 0 Å². The molecule has 27 heavy (non-hydrogen) atoms. The molecular weight excluding hydrogens is 339 g/mol. The quantitative estimate of drug-likeness (QED) is 0.303. The Morgan fingerprint density at radius 2 is 1.96 bits per heavy atom. The highest BCUT2D eigenvalue weighted by Gasteiger charge is 2.26. The van der Waals surface area contributed by atoms with Gasteiger partial charge in [-0.2, -0.15) is 0 Å². The van der Waals surface area contributed by atoms with E-state index in [4.69, 9.17) is 14.8 Å². The summed E-state index contributed by atoms with van der Waals surface area (Å²) in [5.74, 6) is 0.0997. The van der Waals surface area contributed by atoms with Gasteiger partial charge in [-0.3, -0.25) is 10.2 Å². The minimum Gasteiger partial charge on any atom is -0.555 e. The number of carbonyl (C=O) groups excluding carboxylic acids is 1. The van der Waals surface area contributed by atoms with Crippen molar-refractivity contribution >= 4 is 25.5 Å². The van der Waals surface area contributed by atoms with E-state index in [2.05, 4.69) is 12.6 Å². The summed E-state index contributed by atoms with van der Waals surface area (Å²) in [4.78, 5) is 14.6. The van der Waals surface area contributed by atoms with Gasteiger partial charge < -0.3 is 14.3 Å². The summed E-state index contributed by atoms with van der Waals surface area (Å²) in [6.07, 6.45) is 3.93. The Kier molecular flexibility index (Phi) is 7.68. The fourth-order valence-electron chi connectivity index (χ4n) is 2.81. The van der Waals surface area contributed by atoms with Crippen LogP contribution in [0.15, 0.2) is 61.2 Å². The van der Waals surface area contributed by atoms with Crippen LogP contribution in [0.1, 0.15) is 11.1 Å². The average molecular weight is 363 g/mol. The van der Waals surface area contributed by atoms with E-state index in [-0.39, 0.29) is 5.91 Å². The molecule has 0 spiro atoms. The third-order valence-corrected chi connectivity index (χ3v) is 4.25. The third kappa shape index (κ3) is 5.74. The molecule has 6 heteroatoms. The SMILES string of the molecule is C=CCc1cccc(C[C@H]([B]OC=N)C(=O)N(C)c2ccc(OC)cc2)c1. The summed E-state index contributed by atoms with van der Waals surface area (Å²) >= 11 is 0. The van der Waals surface area contributed by atoms with Crippen LogP contribution in [-0.4, -0.2) is 33.9 Å². The molecule has 2 aromatic carbocycles. The molecule has 0 aromatic heterocycles. The van der Waals surface area contributed by atoms with Crippen LogP contribution in [-0.2, 0) is 22.3 Å². The molecule has 1 atom stereocenters. The van der Waals surface area contributed by atoms with E-state index in [0.29, 0.717) is 6.42 Å². The number of hydrogen-bond acceptors (Lipinski definition) is 4. The molecule has 2 aromatic rings. The number of anilines is 1. The number of hydrogen-bond donors (Lipinski definition) is 1. The van der Waals surface area contributed by atoms with E-state index in [1.165, 1.54) is 7.48 Å². The Bertz CT molecular complexity index is 777. The standard InChI is InChI=1S/C21H24BN2O3/c1-4-6-16-7-5-8-17(13-16)14-20(22-27-15-23)21(25)24(2)18-9-11-19(26-3)12-10-18/h4-5,7-13,15,20,23H,1,6,14H2,2-3H3/t20-/m0/s1. The first-order valence-corrected chi connectivity index (χ1v) is 8.67. The molecule has 139 valence electrons. The molecule has 5 nitrogen and oxygen atoms in total. The molecule has 0 aliphatic rings. The summed E-state index contributed by atoms with van der Waals surface area (Å²) < 4.78 is 10.2. The van der Waals surface area contributed by atoms with Crippen molar-refractivity contribution < 1.29 is 14.2 Å². The zero-order chi connectivity index (χ0) is 19.6. The topological polar surface area (TPSA) is 62.6 Å². The van der Waals surface area contributed by atoms with Crippen molar-refractivity contribution in [1.29, 1.82) is 5.41 Å². The molecule has 0 unspecified atom stereocenters. The highest BCUT2D eigenvalue weighted by Crippen LogP contribution is 2.23. The first-order chi connectivity index (χ1) is 13.1. The van der Waals surface area contributed by atoms with Crippen LogP contribution in [0.4, 0.5) is 5.69 Å². The number of rotatable bonds is 10. The summed E-state index contributed by atoms with van der Waals surface area (Å²) in [5, 5.41) is 7.09. The van der Waals surface area contributed by atoms with Crippen molar-refractivity contribution in [2.24, 2.45) is 0 Å². The zero-order valence-electron chi connectivity index (χ0n) is 15.7.